The van der Waals surface area contributed by atoms with E-state index < -0.39 is 0 Å². The average molecular weight is 136 g/mol. The molecule has 0 amide bonds. The summed E-state index contributed by atoms with van der Waals surface area (Å²) in [4.78, 5) is 0. The molecule has 3 rings (SSSR count). The summed E-state index contributed by atoms with van der Waals surface area (Å²) in [6, 6.07) is 0.996. The van der Waals surface area contributed by atoms with Crippen molar-refractivity contribution in [3.8, 4) is 0 Å². The van der Waals surface area contributed by atoms with Gasteiger partial charge < -0.3 is 0 Å². The molecule has 0 N–H and O–H groups in total. The van der Waals surface area contributed by atoms with Crippen LogP contribution in [0.15, 0.2) is 22.9 Å². The van der Waals surface area contributed by atoms with E-state index in [4.69, 9.17) is 0 Å². The van der Waals surface area contributed by atoms with Gasteiger partial charge in [0.05, 0.1) is 12.1 Å². The largest absolute Gasteiger partial charge is 0.190 e. The van der Waals surface area contributed by atoms with Gasteiger partial charge in [0.25, 0.3) is 0 Å². The second-order valence-electron chi connectivity index (χ2n) is 3.16. The Morgan fingerprint density at radius 1 is 1.30 bits per heavy atom. The van der Waals surface area contributed by atoms with Crippen LogP contribution >= 0.6 is 0 Å². The minimum absolute atomic E-state index is 0.475. The zero-order valence-electron chi connectivity index (χ0n) is 6.03. The standard InChI is InChI=1S/C8H12N2/c1-2-6-5-7-3-4-8(6)10-9-7/h2,6-8H,1,3-5H2. The van der Waals surface area contributed by atoms with Crippen LogP contribution in [0.2, 0.25) is 0 Å². The molecule has 1 fully saturated rings. The van der Waals surface area contributed by atoms with Gasteiger partial charge in [-0.15, -0.1) is 6.58 Å². The Bertz CT molecular complexity index is 174. The summed E-state index contributed by atoms with van der Waals surface area (Å²) in [5.74, 6) is 0.622. The van der Waals surface area contributed by atoms with E-state index in [1.54, 1.807) is 0 Å². The first-order valence-electron chi connectivity index (χ1n) is 3.92. The summed E-state index contributed by atoms with van der Waals surface area (Å²) in [5, 5.41) is 8.38. The van der Waals surface area contributed by atoms with E-state index in [1.807, 2.05) is 6.08 Å². The molecular weight excluding hydrogens is 124 g/mol. The number of nitrogens with zero attached hydrogens (tertiary/aromatic N) is 2. The highest BCUT2D eigenvalue weighted by Crippen LogP contribution is 2.34. The SMILES string of the molecule is C=CC1CC2CCC1N=N2. The zero-order valence-corrected chi connectivity index (χ0v) is 6.03. The van der Waals surface area contributed by atoms with Gasteiger partial charge in [-0.2, -0.15) is 10.2 Å². The topological polar surface area (TPSA) is 24.7 Å². The maximum absolute atomic E-state index is 4.20. The molecule has 0 saturated heterocycles. The van der Waals surface area contributed by atoms with Crippen LogP contribution in [0.1, 0.15) is 19.3 Å². The molecule has 2 nitrogen and oxygen atoms in total. The van der Waals surface area contributed by atoms with E-state index in [0.29, 0.717) is 18.0 Å². The van der Waals surface area contributed by atoms with Crippen molar-refractivity contribution in [2.75, 3.05) is 0 Å². The fourth-order valence-electron chi connectivity index (χ4n) is 1.85. The molecule has 0 spiro atoms. The quantitative estimate of drug-likeness (QED) is 0.493. The Hall–Kier alpha value is -0.660. The zero-order chi connectivity index (χ0) is 6.97. The lowest BCUT2D eigenvalue weighted by Gasteiger charge is -2.33. The molecule has 0 radical (unpaired) electrons. The molecule has 54 valence electrons. The fraction of sp³-hybridized carbons (Fsp3) is 0.750. The molecule has 3 atom stereocenters. The molecule has 3 unspecified atom stereocenters. The van der Waals surface area contributed by atoms with Crippen LogP contribution in [0.4, 0.5) is 0 Å². The first-order valence-corrected chi connectivity index (χ1v) is 3.92. The van der Waals surface area contributed by atoms with Crippen LogP contribution in [-0.4, -0.2) is 12.1 Å². The number of azo groups is 1. The normalized spacial score (nSPS) is 43.8. The van der Waals surface area contributed by atoms with Gasteiger partial charge in [0.15, 0.2) is 0 Å². The predicted octanol–water partition coefficient (Wildman–Crippen LogP) is 2.18. The summed E-state index contributed by atoms with van der Waals surface area (Å²) in [6.07, 6.45) is 5.70. The number of rotatable bonds is 1. The minimum Gasteiger partial charge on any atom is -0.190 e. The van der Waals surface area contributed by atoms with Crippen LogP contribution < -0.4 is 0 Å². The van der Waals surface area contributed by atoms with Crippen molar-refractivity contribution >= 4 is 0 Å². The molecule has 1 saturated carbocycles. The Labute approximate surface area is 61.0 Å². The van der Waals surface area contributed by atoms with Gasteiger partial charge in [-0.3, -0.25) is 0 Å². The predicted molar refractivity (Wildman–Crippen MR) is 40.0 cm³/mol. The minimum atomic E-state index is 0.475. The Morgan fingerprint density at radius 2 is 2.20 bits per heavy atom. The van der Waals surface area contributed by atoms with Crippen molar-refractivity contribution in [3.63, 3.8) is 0 Å². The van der Waals surface area contributed by atoms with E-state index in [0.717, 1.165) is 0 Å². The van der Waals surface area contributed by atoms with Crippen molar-refractivity contribution in [2.45, 2.75) is 31.3 Å². The third-order valence-corrected chi connectivity index (χ3v) is 2.52. The average Bonchev–Trinajstić information content (AvgIpc) is 2.06. The lowest BCUT2D eigenvalue weighted by atomic mass is 9.81. The molecule has 3 aliphatic rings. The number of fused-ring (bicyclic) bond motifs is 2. The molecule has 2 bridgehead atoms. The Balaban J connectivity index is 2.18. The first kappa shape index (κ1) is 6.08. The fourth-order valence-corrected chi connectivity index (χ4v) is 1.85. The third-order valence-electron chi connectivity index (χ3n) is 2.52. The highest BCUT2D eigenvalue weighted by atomic mass is 15.2. The second-order valence-corrected chi connectivity index (χ2v) is 3.16. The van der Waals surface area contributed by atoms with Crippen LogP contribution in [0.5, 0.6) is 0 Å². The maximum Gasteiger partial charge on any atom is 0.0772 e. The lowest BCUT2D eigenvalue weighted by Crippen LogP contribution is -2.32. The Morgan fingerprint density at radius 3 is 2.50 bits per heavy atom. The van der Waals surface area contributed by atoms with Crippen LogP contribution in [0, 0.1) is 5.92 Å². The van der Waals surface area contributed by atoms with Crippen molar-refractivity contribution in [1.29, 1.82) is 0 Å². The smallest absolute Gasteiger partial charge is 0.0772 e. The van der Waals surface area contributed by atoms with Gasteiger partial charge >= 0.3 is 0 Å². The number of hydrogen-bond donors (Lipinski definition) is 0. The van der Waals surface area contributed by atoms with E-state index in [2.05, 4.69) is 16.8 Å². The molecule has 2 heterocycles. The molecule has 2 aliphatic heterocycles. The molecule has 1 aliphatic carbocycles. The number of hydrogen-bond acceptors (Lipinski definition) is 2. The highest BCUT2D eigenvalue weighted by molar-refractivity contribution is 4.98. The highest BCUT2D eigenvalue weighted by Gasteiger charge is 2.32. The Kier molecular flexibility index (Phi) is 1.33. The van der Waals surface area contributed by atoms with Gasteiger partial charge in [-0.1, -0.05) is 6.08 Å². The van der Waals surface area contributed by atoms with Crippen molar-refractivity contribution in [3.05, 3.63) is 12.7 Å². The summed E-state index contributed by atoms with van der Waals surface area (Å²) in [5.41, 5.74) is 0. The monoisotopic (exact) mass is 136 g/mol. The molecule has 10 heavy (non-hydrogen) atoms. The molecule has 0 aromatic heterocycles. The third kappa shape index (κ3) is 0.789. The van der Waals surface area contributed by atoms with Crippen molar-refractivity contribution in [1.82, 2.24) is 0 Å². The van der Waals surface area contributed by atoms with Gasteiger partial charge in [0.1, 0.15) is 0 Å². The van der Waals surface area contributed by atoms with Gasteiger partial charge in [-0.05, 0) is 19.3 Å². The van der Waals surface area contributed by atoms with Crippen LogP contribution in [0.3, 0.4) is 0 Å². The lowest BCUT2D eigenvalue weighted by molar-refractivity contribution is 0.265. The van der Waals surface area contributed by atoms with Crippen molar-refractivity contribution < 1.29 is 0 Å². The summed E-state index contributed by atoms with van der Waals surface area (Å²) < 4.78 is 0. The van der Waals surface area contributed by atoms with Gasteiger partial charge in [0.2, 0.25) is 0 Å². The maximum atomic E-state index is 4.20. The van der Waals surface area contributed by atoms with E-state index >= 15 is 0 Å². The van der Waals surface area contributed by atoms with Gasteiger partial charge in [-0.25, -0.2) is 0 Å². The summed E-state index contributed by atoms with van der Waals surface area (Å²) >= 11 is 0. The summed E-state index contributed by atoms with van der Waals surface area (Å²) in [6.45, 7) is 3.80. The van der Waals surface area contributed by atoms with Gasteiger partial charge in [0, 0.05) is 5.92 Å². The second kappa shape index (κ2) is 2.19. The summed E-state index contributed by atoms with van der Waals surface area (Å²) in [7, 11) is 0. The molecular formula is C8H12N2. The van der Waals surface area contributed by atoms with Crippen LogP contribution in [-0.2, 0) is 0 Å². The first-order chi connectivity index (χ1) is 4.90. The van der Waals surface area contributed by atoms with E-state index in [-0.39, 0.29) is 0 Å². The molecule has 2 heteroatoms. The van der Waals surface area contributed by atoms with Crippen molar-refractivity contribution in [2.24, 2.45) is 16.1 Å². The molecule has 0 aromatic carbocycles. The van der Waals surface area contributed by atoms with Crippen LogP contribution in [0.25, 0.3) is 0 Å². The van der Waals surface area contributed by atoms with E-state index in [9.17, 15) is 0 Å². The van der Waals surface area contributed by atoms with E-state index in [1.165, 1.54) is 19.3 Å². The molecule has 0 aromatic rings.